The van der Waals surface area contributed by atoms with Gasteiger partial charge in [-0.1, -0.05) is 114 Å². The number of aromatic nitrogens is 1. The van der Waals surface area contributed by atoms with Gasteiger partial charge in [-0.05, 0) is 113 Å². The van der Waals surface area contributed by atoms with E-state index < -0.39 is 63.7 Å². The van der Waals surface area contributed by atoms with Gasteiger partial charge >= 0.3 is 18.0 Å². The number of methoxy groups -OCH3 is 3. The monoisotopic (exact) mass is 1070 g/mol. The van der Waals surface area contributed by atoms with E-state index in [1.807, 2.05) is 50.3 Å². The van der Waals surface area contributed by atoms with E-state index in [-0.39, 0.29) is 12.3 Å². The molecule has 2 bridgehead atoms. The Labute approximate surface area is 462 Å². The first kappa shape index (κ1) is 57.2. The number of alkyl carbamates (subject to hydrolysis) is 1. The standard InChI is InChI=1S/C63H87N5O10/c1-7-10-11-12-13-14-15-16-17-18-19-20-21-22-23-26-33-64-58(72)78-55-60(9-3)31-27-34-67-36-32-61(53(60)67)47-37-48(51(75-4)38-50(47)68(43-69)54(61)63(55,74)57(71)77-6)62(56(70)76-5)40-44-39-59(73,8-2)42-66(41-44)35-30-46-45-28-24-25-29-49(45)65-52(46)62/h13-14,16-17,24-25,27-29,31,37-38,43-44,53-55,65,73-74H,7-12,15,18-23,26,30,32-36,39-42H2,1-6H3,(H,64,72)/b14-13-,17-16-/t44-,53+,54-,55-,59+,60-,61-,62+,63+/m1/s1. The van der Waals surface area contributed by atoms with Crippen molar-refractivity contribution in [3.8, 4) is 5.75 Å². The van der Waals surface area contributed by atoms with Crippen LogP contribution in [0.15, 0.2) is 72.9 Å². The number of para-hydroxylation sites is 1. The largest absolute Gasteiger partial charge is 0.496 e. The number of aromatic amines is 1. The summed E-state index contributed by atoms with van der Waals surface area (Å²) in [4.78, 5) is 68.6. The number of esters is 2. The Kier molecular flexibility index (Phi) is 17.7. The van der Waals surface area contributed by atoms with Crippen LogP contribution in [-0.2, 0) is 45.8 Å². The lowest BCUT2D eigenvalue weighted by Crippen LogP contribution is -2.81. The van der Waals surface area contributed by atoms with Gasteiger partial charge in [-0.2, -0.15) is 0 Å². The van der Waals surface area contributed by atoms with Crippen molar-refractivity contribution in [2.45, 2.75) is 177 Å². The molecule has 1 saturated carbocycles. The van der Waals surface area contributed by atoms with E-state index in [2.05, 4.69) is 57.4 Å². The fourth-order valence-corrected chi connectivity index (χ4v) is 15.7. The lowest BCUT2D eigenvalue weighted by Gasteiger charge is -2.63. The van der Waals surface area contributed by atoms with E-state index in [0.29, 0.717) is 106 Å². The minimum atomic E-state index is -2.59. The number of nitrogens with zero attached hydrogens (tertiary/aromatic N) is 3. The van der Waals surface area contributed by atoms with Crippen LogP contribution in [0.1, 0.15) is 152 Å². The number of aliphatic hydroxyl groups is 2. The van der Waals surface area contributed by atoms with Crippen molar-refractivity contribution < 1.29 is 48.3 Å². The normalized spacial score (nSPS) is 31.0. The van der Waals surface area contributed by atoms with Crippen LogP contribution in [0.25, 0.3) is 10.9 Å². The molecule has 1 spiro atoms. The van der Waals surface area contributed by atoms with E-state index in [1.54, 1.807) is 6.07 Å². The number of anilines is 1. The lowest BCUT2D eigenvalue weighted by atomic mass is 9.47. The first-order valence-corrected chi connectivity index (χ1v) is 29.4. The number of piperidine rings is 1. The summed E-state index contributed by atoms with van der Waals surface area (Å²) in [5, 5.41) is 29.8. The highest BCUT2D eigenvalue weighted by Gasteiger charge is 2.81. The number of fused-ring (bicyclic) bond motifs is 6. The summed E-state index contributed by atoms with van der Waals surface area (Å²) >= 11 is 0. The molecule has 424 valence electrons. The fraction of sp³-hybridized carbons (Fsp3) is 0.619. The molecular weight excluding hydrogens is 987 g/mol. The fourth-order valence-electron chi connectivity index (χ4n) is 15.7. The molecular formula is C63H87N5O10. The molecule has 2 saturated heterocycles. The second kappa shape index (κ2) is 24.1. The molecule has 2 amide bonds. The number of ether oxygens (including phenoxy) is 4. The summed E-state index contributed by atoms with van der Waals surface area (Å²) in [5.74, 6) is -1.40. The molecule has 5 aliphatic heterocycles. The van der Waals surface area contributed by atoms with Gasteiger partial charge in [0.25, 0.3) is 0 Å². The molecule has 4 N–H and O–H groups in total. The Hall–Kier alpha value is -5.48. The van der Waals surface area contributed by atoms with Crippen LogP contribution in [0.3, 0.4) is 0 Å². The van der Waals surface area contributed by atoms with E-state index in [9.17, 15) is 24.6 Å². The maximum atomic E-state index is 15.5. The molecule has 15 heteroatoms. The van der Waals surface area contributed by atoms with Gasteiger partial charge in [0, 0.05) is 77.8 Å². The molecule has 2 aromatic carbocycles. The van der Waals surface area contributed by atoms with Crippen molar-refractivity contribution in [2.24, 2.45) is 11.3 Å². The summed E-state index contributed by atoms with van der Waals surface area (Å²) in [6, 6.07) is 9.98. The van der Waals surface area contributed by atoms with Crippen molar-refractivity contribution in [2.75, 3.05) is 65.5 Å². The average Bonchev–Trinajstić information content (AvgIpc) is 4.13. The molecule has 1 aromatic heterocycles. The number of H-pyrrole nitrogens is 1. The third-order valence-corrected chi connectivity index (χ3v) is 19.1. The minimum absolute atomic E-state index is 0.169. The van der Waals surface area contributed by atoms with Gasteiger partial charge in [-0.15, -0.1) is 0 Å². The summed E-state index contributed by atoms with van der Waals surface area (Å²) in [7, 11) is 4.14. The predicted molar refractivity (Wildman–Crippen MR) is 303 cm³/mol. The van der Waals surface area contributed by atoms with Crippen LogP contribution in [-0.4, -0.2) is 139 Å². The highest BCUT2D eigenvalue weighted by atomic mass is 16.6. The maximum absolute atomic E-state index is 15.5. The molecule has 6 heterocycles. The van der Waals surface area contributed by atoms with Crippen LogP contribution in [0.4, 0.5) is 10.5 Å². The number of allylic oxidation sites excluding steroid dienone is 4. The number of rotatable bonds is 23. The zero-order valence-electron chi connectivity index (χ0n) is 47.3. The van der Waals surface area contributed by atoms with Gasteiger partial charge in [0.1, 0.15) is 11.2 Å². The van der Waals surface area contributed by atoms with Gasteiger partial charge in [-0.25, -0.2) is 9.59 Å². The van der Waals surface area contributed by atoms with Crippen molar-refractivity contribution in [1.82, 2.24) is 20.1 Å². The Morgan fingerprint density at radius 2 is 1.56 bits per heavy atom. The van der Waals surface area contributed by atoms with Crippen molar-refractivity contribution in [3.05, 3.63) is 95.2 Å². The molecule has 15 nitrogen and oxygen atoms in total. The van der Waals surface area contributed by atoms with Crippen LogP contribution in [0.5, 0.6) is 5.75 Å². The van der Waals surface area contributed by atoms with E-state index in [0.717, 1.165) is 74.3 Å². The first-order valence-electron chi connectivity index (χ1n) is 29.4. The summed E-state index contributed by atoms with van der Waals surface area (Å²) in [6.07, 6.45) is 27.2. The topological polar surface area (TPSA) is 183 Å². The third kappa shape index (κ3) is 9.90. The van der Waals surface area contributed by atoms with E-state index >= 15 is 4.79 Å². The smallest absolute Gasteiger partial charge is 0.407 e. The quantitative estimate of drug-likeness (QED) is 0.0232. The van der Waals surface area contributed by atoms with Gasteiger partial charge in [0.15, 0.2) is 6.10 Å². The van der Waals surface area contributed by atoms with Gasteiger partial charge < -0.3 is 44.4 Å². The van der Waals surface area contributed by atoms with E-state index in [1.165, 1.54) is 45.5 Å². The molecule has 1 aliphatic carbocycles. The number of carbonyl (C=O) groups is 4. The van der Waals surface area contributed by atoms with Crippen LogP contribution >= 0.6 is 0 Å². The Morgan fingerprint density at radius 1 is 0.833 bits per heavy atom. The number of hydrogen-bond acceptors (Lipinski definition) is 12. The number of carbonyl (C=O) groups excluding carboxylic acids is 4. The Balaban J connectivity index is 1.05. The van der Waals surface area contributed by atoms with Crippen molar-refractivity contribution in [1.29, 1.82) is 0 Å². The number of unbranched alkanes of at least 4 members (excludes halogenated alkanes) is 9. The molecule has 3 fully saturated rings. The second-order valence-corrected chi connectivity index (χ2v) is 23.4. The summed E-state index contributed by atoms with van der Waals surface area (Å²) < 4.78 is 24.4. The minimum Gasteiger partial charge on any atom is -0.496 e. The molecule has 3 aromatic rings. The average molecular weight is 1070 g/mol. The van der Waals surface area contributed by atoms with E-state index in [4.69, 9.17) is 18.9 Å². The first-order chi connectivity index (χ1) is 37.8. The molecule has 0 radical (unpaired) electrons. The van der Waals surface area contributed by atoms with Gasteiger partial charge in [0.2, 0.25) is 12.0 Å². The highest BCUT2D eigenvalue weighted by molar-refractivity contribution is 5.96. The Bertz CT molecular complexity index is 2740. The van der Waals surface area contributed by atoms with Crippen molar-refractivity contribution in [3.63, 3.8) is 0 Å². The zero-order valence-corrected chi connectivity index (χ0v) is 47.3. The SMILES string of the molecule is CCCCC/C=C\C/C=C\CCCCCCCCNC(=O)O[C@@H]1[C@]2(CC)C=CCN3CC[C@@]4(c5cc([C@@]6(C(=O)OC)C[C@@H]7CN(CCc8c6[nH]c6ccccc86)C[C@](O)(CC)C7)c(OC)cc5N(C=O)[C@H]4[C@@]1(O)C(=O)OC)[C@@H]32. The second-order valence-electron chi connectivity index (χ2n) is 23.4. The van der Waals surface area contributed by atoms with Crippen LogP contribution in [0, 0.1) is 11.3 Å². The number of hydrogen-bond donors (Lipinski definition) is 4. The highest BCUT2D eigenvalue weighted by Crippen LogP contribution is 2.68. The van der Waals surface area contributed by atoms with Crippen molar-refractivity contribution >= 4 is 41.0 Å². The zero-order chi connectivity index (χ0) is 55.3. The van der Waals surface area contributed by atoms with Gasteiger partial charge in [0.05, 0.1) is 38.7 Å². The molecule has 6 aliphatic rings. The third-order valence-electron chi connectivity index (χ3n) is 19.1. The number of amides is 2. The molecule has 78 heavy (non-hydrogen) atoms. The van der Waals surface area contributed by atoms with Gasteiger partial charge in [-0.3, -0.25) is 19.4 Å². The summed E-state index contributed by atoms with van der Waals surface area (Å²) in [6.45, 7) is 9.49. The molecule has 9 rings (SSSR count). The predicted octanol–water partition coefficient (Wildman–Crippen LogP) is 9.49. The number of nitrogens with one attached hydrogen (secondary N) is 2. The van der Waals surface area contributed by atoms with Crippen LogP contribution < -0.4 is 15.0 Å². The molecule has 10 atom stereocenters. The lowest BCUT2D eigenvalue weighted by molar-refractivity contribution is -0.217. The summed E-state index contributed by atoms with van der Waals surface area (Å²) in [5.41, 5.74) is -3.36. The molecule has 1 unspecified atom stereocenters. The van der Waals surface area contributed by atoms with Crippen LogP contribution in [0.2, 0.25) is 0 Å². The number of benzene rings is 2. The maximum Gasteiger partial charge on any atom is 0.407 e. The Morgan fingerprint density at radius 3 is 2.27 bits per heavy atom.